The largest absolute Gasteiger partial charge is 0.356 e. The summed E-state index contributed by atoms with van der Waals surface area (Å²) in [4.78, 5) is 26.5. The summed E-state index contributed by atoms with van der Waals surface area (Å²) in [6.07, 6.45) is 0.531. The summed E-state index contributed by atoms with van der Waals surface area (Å²) in [7, 11) is 0. The number of nitrogens with one attached hydrogen (secondary N) is 1. The minimum atomic E-state index is -0.0597. The molecule has 1 N–H and O–H groups in total. The second-order valence-corrected chi connectivity index (χ2v) is 5.45. The number of rotatable bonds is 4. The number of carbonyl (C=O) groups is 2. The SMILES string of the molecule is CCNC(=O)CCC(=O)N1CCSc2ccccc21. The highest BCUT2D eigenvalue weighted by atomic mass is 32.2. The lowest BCUT2D eigenvalue weighted by atomic mass is 10.2. The molecule has 1 aromatic rings. The Bertz CT molecular complexity index is 476. The van der Waals surface area contributed by atoms with Gasteiger partial charge < -0.3 is 10.2 Å². The number of carbonyl (C=O) groups excluding carboxylic acids is 2. The van der Waals surface area contributed by atoms with Crippen molar-refractivity contribution >= 4 is 29.3 Å². The molecular weight excluding hydrogens is 260 g/mol. The van der Waals surface area contributed by atoms with Gasteiger partial charge in [-0.3, -0.25) is 9.59 Å². The summed E-state index contributed by atoms with van der Waals surface area (Å²) in [5.41, 5.74) is 0.972. The molecule has 0 spiro atoms. The Morgan fingerprint density at radius 2 is 2.11 bits per heavy atom. The topological polar surface area (TPSA) is 49.4 Å². The predicted octanol–water partition coefficient (Wildman–Crippen LogP) is 2.04. The molecule has 0 fully saturated rings. The molecule has 1 aliphatic heterocycles. The maximum Gasteiger partial charge on any atom is 0.227 e. The van der Waals surface area contributed by atoms with Gasteiger partial charge in [0.25, 0.3) is 0 Å². The molecule has 0 radical (unpaired) electrons. The van der Waals surface area contributed by atoms with E-state index in [2.05, 4.69) is 5.32 Å². The summed E-state index contributed by atoms with van der Waals surface area (Å²) >= 11 is 1.77. The minimum absolute atomic E-state index is 0.0269. The molecular formula is C14H18N2O2S. The molecule has 0 saturated heterocycles. The molecule has 0 aliphatic carbocycles. The second-order valence-electron chi connectivity index (χ2n) is 4.32. The van der Waals surface area contributed by atoms with Crippen molar-refractivity contribution in [3.05, 3.63) is 24.3 Å². The summed E-state index contributed by atoms with van der Waals surface area (Å²) in [5, 5.41) is 2.71. The van der Waals surface area contributed by atoms with Gasteiger partial charge >= 0.3 is 0 Å². The lowest BCUT2D eigenvalue weighted by Gasteiger charge is -2.29. The molecule has 1 aliphatic rings. The van der Waals surface area contributed by atoms with E-state index >= 15 is 0 Å². The Balaban J connectivity index is 1.99. The lowest BCUT2D eigenvalue weighted by Crippen LogP contribution is -2.36. The van der Waals surface area contributed by atoms with E-state index in [1.165, 1.54) is 0 Å². The molecule has 4 nitrogen and oxygen atoms in total. The third-order valence-electron chi connectivity index (χ3n) is 2.97. The van der Waals surface area contributed by atoms with E-state index in [-0.39, 0.29) is 24.7 Å². The van der Waals surface area contributed by atoms with Gasteiger partial charge in [0.05, 0.1) is 5.69 Å². The van der Waals surface area contributed by atoms with Gasteiger partial charge in [-0.05, 0) is 19.1 Å². The molecule has 5 heteroatoms. The van der Waals surface area contributed by atoms with Crippen LogP contribution in [0, 0.1) is 0 Å². The quantitative estimate of drug-likeness (QED) is 0.917. The summed E-state index contributed by atoms with van der Waals surface area (Å²) < 4.78 is 0. The van der Waals surface area contributed by atoms with E-state index in [9.17, 15) is 9.59 Å². The van der Waals surface area contributed by atoms with Gasteiger partial charge in [0.15, 0.2) is 0 Å². The minimum Gasteiger partial charge on any atom is -0.356 e. The zero-order chi connectivity index (χ0) is 13.7. The molecule has 0 bridgehead atoms. The standard InChI is InChI=1S/C14H18N2O2S/c1-2-15-13(17)7-8-14(18)16-9-10-19-12-6-4-3-5-11(12)16/h3-6H,2,7-10H2,1H3,(H,15,17). The number of para-hydroxylation sites is 1. The fraction of sp³-hybridized carbons (Fsp3) is 0.429. The van der Waals surface area contributed by atoms with Crippen molar-refractivity contribution < 1.29 is 9.59 Å². The molecule has 102 valence electrons. The molecule has 19 heavy (non-hydrogen) atoms. The van der Waals surface area contributed by atoms with Crippen LogP contribution in [0.1, 0.15) is 19.8 Å². The van der Waals surface area contributed by atoms with Crippen LogP contribution >= 0.6 is 11.8 Å². The van der Waals surface area contributed by atoms with E-state index in [0.717, 1.165) is 22.9 Å². The third-order valence-corrected chi connectivity index (χ3v) is 4.01. The summed E-state index contributed by atoms with van der Waals surface area (Å²) in [6.45, 7) is 3.20. The van der Waals surface area contributed by atoms with E-state index in [0.29, 0.717) is 6.54 Å². The predicted molar refractivity (Wildman–Crippen MR) is 77.4 cm³/mol. The molecule has 0 atom stereocenters. The molecule has 1 aromatic carbocycles. The second kappa shape index (κ2) is 6.61. The van der Waals surface area contributed by atoms with Crippen molar-refractivity contribution in [3.8, 4) is 0 Å². The van der Waals surface area contributed by atoms with Crippen molar-refractivity contribution in [2.75, 3.05) is 23.7 Å². The van der Waals surface area contributed by atoms with Crippen LogP contribution in [-0.4, -0.2) is 30.7 Å². The Hall–Kier alpha value is -1.49. The van der Waals surface area contributed by atoms with Crippen molar-refractivity contribution in [1.29, 1.82) is 0 Å². The molecule has 2 amide bonds. The van der Waals surface area contributed by atoms with Crippen LogP contribution in [0.4, 0.5) is 5.69 Å². The Morgan fingerprint density at radius 3 is 2.89 bits per heavy atom. The highest BCUT2D eigenvalue weighted by Gasteiger charge is 2.22. The van der Waals surface area contributed by atoms with Gasteiger partial charge in [-0.2, -0.15) is 0 Å². The van der Waals surface area contributed by atoms with Crippen molar-refractivity contribution in [2.45, 2.75) is 24.7 Å². The lowest BCUT2D eigenvalue weighted by molar-refractivity contribution is -0.125. The summed E-state index contributed by atoms with van der Waals surface area (Å²) in [5.74, 6) is 0.874. The smallest absolute Gasteiger partial charge is 0.227 e. The van der Waals surface area contributed by atoms with Crippen LogP contribution < -0.4 is 10.2 Å². The van der Waals surface area contributed by atoms with Gasteiger partial charge in [0.2, 0.25) is 11.8 Å². The van der Waals surface area contributed by atoms with E-state index in [1.54, 1.807) is 16.7 Å². The highest BCUT2D eigenvalue weighted by Crippen LogP contribution is 2.34. The monoisotopic (exact) mass is 278 g/mol. The van der Waals surface area contributed by atoms with Crippen molar-refractivity contribution in [3.63, 3.8) is 0 Å². The Kier molecular flexibility index (Phi) is 4.85. The van der Waals surface area contributed by atoms with Gasteiger partial charge in [-0.25, -0.2) is 0 Å². The first-order valence-electron chi connectivity index (χ1n) is 6.51. The van der Waals surface area contributed by atoms with Gasteiger partial charge in [0.1, 0.15) is 0 Å². The van der Waals surface area contributed by atoms with Crippen molar-refractivity contribution in [2.24, 2.45) is 0 Å². The first-order chi connectivity index (χ1) is 9.22. The van der Waals surface area contributed by atoms with Crippen LogP contribution in [0.2, 0.25) is 0 Å². The highest BCUT2D eigenvalue weighted by molar-refractivity contribution is 7.99. The number of anilines is 1. The Morgan fingerprint density at radius 1 is 1.32 bits per heavy atom. The number of nitrogens with zero attached hydrogens (tertiary/aromatic N) is 1. The number of fused-ring (bicyclic) bond motifs is 1. The number of hydrogen-bond donors (Lipinski definition) is 1. The number of benzene rings is 1. The van der Waals surface area contributed by atoms with Gasteiger partial charge in [-0.1, -0.05) is 12.1 Å². The fourth-order valence-corrected chi connectivity index (χ4v) is 3.06. The van der Waals surface area contributed by atoms with Crippen LogP contribution in [0.15, 0.2) is 29.2 Å². The molecule has 0 aromatic heterocycles. The van der Waals surface area contributed by atoms with Gasteiger partial charge in [-0.15, -0.1) is 11.8 Å². The van der Waals surface area contributed by atoms with Crippen molar-refractivity contribution in [1.82, 2.24) is 5.32 Å². The van der Waals surface area contributed by atoms with Crippen LogP contribution in [0.25, 0.3) is 0 Å². The van der Waals surface area contributed by atoms with Crippen LogP contribution in [0.3, 0.4) is 0 Å². The number of amides is 2. The first kappa shape index (κ1) is 13.9. The van der Waals surface area contributed by atoms with Gasteiger partial charge in [0, 0.05) is 36.6 Å². The normalized spacial score (nSPS) is 13.8. The summed E-state index contributed by atoms with van der Waals surface area (Å²) in [6, 6.07) is 7.91. The van der Waals surface area contributed by atoms with Crippen LogP contribution in [0.5, 0.6) is 0 Å². The molecule has 0 unspecified atom stereocenters. The maximum absolute atomic E-state index is 12.2. The van der Waals surface area contributed by atoms with Crippen LogP contribution in [-0.2, 0) is 9.59 Å². The van der Waals surface area contributed by atoms with E-state index < -0.39 is 0 Å². The zero-order valence-electron chi connectivity index (χ0n) is 11.0. The fourth-order valence-electron chi connectivity index (χ4n) is 2.07. The first-order valence-corrected chi connectivity index (χ1v) is 7.50. The maximum atomic E-state index is 12.2. The number of thioether (sulfide) groups is 1. The number of hydrogen-bond acceptors (Lipinski definition) is 3. The molecule has 1 heterocycles. The average molecular weight is 278 g/mol. The molecule has 2 rings (SSSR count). The van der Waals surface area contributed by atoms with E-state index in [1.807, 2.05) is 31.2 Å². The Labute approximate surface area is 117 Å². The van der Waals surface area contributed by atoms with E-state index in [4.69, 9.17) is 0 Å². The zero-order valence-corrected chi connectivity index (χ0v) is 11.8. The molecule has 0 saturated carbocycles. The third kappa shape index (κ3) is 3.50. The average Bonchev–Trinajstić information content (AvgIpc) is 2.44.